The van der Waals surface area contributed by atoms with E-state index in [1.165, 1.54) is 12.1 Å². The molecule has 0 spiro atoms. The average Bonchev–Trinajstić information content (AvgIpc) is 2.94. The number of rotatable bonds is 3. The Labute approximate surface area is 146 Å². The van der Waals surface area contributed by atoms with Gasteiger partial charge in [0.2, 0.25) is 0 Å². The van der Waals surface area contributed by atoms with Gasteiger partial charge in [-0.1, -0.05) is 71.4 Å². The molecule has 0 atom stereocenters. The third-order valence-electron chi connectivity index (χ3n) is 4.19. The molecule has 0 N–H and O–H groups in total. The summed E-state index contributed by atoms with van der Waals surface area (Å²) in [4.78, 5) is 0.0852. The van der Waals surface area contributed by atoms with Crippen molar-refractivity contribution in [2.45, 2.75) is 11.8 Å². The smallest absolute Gasteiger partial charge is 0.264 e. The standard InChI is InChI=1S/C20H15NO3S/c1-14-10-12-15(13-11-14)25(22,23)24-21-20-18-8-4-2-6-16(18)17-7-3-5-9-19(17)20/h2-13H,1H3. The van der Waals surface area contributed by atoms with Crippen molar-refractivity contribution in [3.63, 3.8) is 0 Å². The van der Waals surface area contributed by atoms with Gasteiger partial charge in [-0.3, -0.25) is 4.28 Å². The Bertz CT molecular complexity index is 1040. The van der Waals surface area contributed by atoms with Gasteiger partial charge in [0, 0.05) is 11.1 Å². The topological polar surface area (TPSA) is 55.7 Å². The van der Waals surface area contributed by atoms with Gasteiger partial charge < -0.3 is 0 Å². The predicted molar refractivity (Wildman–Crippen MR) is 97.0 cm³/mol. The molecule has 3 aromatic rings. The van der Waals surface area contributed by atoms with Gasteiger partial charge in [0.1, 0.15) is 10.6 Å². The largest absolute Gasteiger partial charge is 0.358 e. The summed E-state index contributed by atoms with van der Waals surface area (Å²) in [5.41, 5.74) is 5.28. The molecule has 0 radical (unpaired) electrons. The van der Waals surface area contributed by atoms with Crippen molar-refractivity contribution in [2.24, 2.45) is 5.16 Å². The molecule has 0 fully saturated rings. The van der Waals surface area contributed by atoms with E-state index in [9.17, 15) is 8.42 Å². The molecular formula is C20H15NO3S. The van der Waals surface area contributed by atoms with Crippen LogP contribution in [0.3, 0.4) is 0 Å². The molecule has 0 amide bonds. The van der Waals surface area contributed by atoms with Crippen LogP contribution in [-0.2, 0) is 14.4 Å². The van der Waals surface area contributed by atoms with Crippen LogP contribution >= 0.6 is 0 Å². The lowest BCUT2D eigenvalue weighted by Crippen LogP contribution is -2.06. The lowest BCUT2D eigenvalue weighted by atomic mass is 10.1. The minimum Gasteiger partial charge on any atom is -0.264 e. The molecule has 0 aromatic heterocycles. The first-order valence-electron chi connectivity index (χ1n) is 7.84. The number of hydrogen-bond donors (Lipinski definition) is 0. The molecule has 3 aromatic carbocycles. The van der Waals surface area contributed by atoms with Crippen LogP contribution in [0.4, 0.5) is 0 Å². The molecule has 0 aliphatic heterocycles. The van der Waals surface area contributed by atoms with Gasteiger partial charge in [0.05, 0.1) is 0 Å². The number of benzene rings is 3. The molecule has 1 aliphatic carbocycles. The third kappa shape index (κ3) is 2.72. The van der Waals surface area contributed by atoms with Crippen molar-refractivity contribution in [1.82, 2.24) is 0 Å². The Morgan fingerprint density at radius 3 is 1.72 bits per heavy atom. The van der Waals surface area contributed by atoms with Crippen molar-refractivity contribution in [2.75, 3.05) is 0 Å². The predicted octanol–water partition coefficient (Wildman–Crippen LogP) is 4.13. The van der Waals surface area contributed by atoms with Gasteiger partial charge in [-0.25, -0.2) is 0 Å². The number of aryl methyl sites for hydroxylation is 1. The highest BCUT2D eigenvalue weighted by Crippen LogP contribution is 2.36. The highest BCUT2D eigenvalue weighted by atomic mass is 32.2. The highest BCUT2D eigenvalue weighted by molar-refractivity contribution is 7.86. The van der Waals surface area contributed by atoms with E-state index in [4.69, 9.17) is 4.28 Å². The minimum atomic E-state index is -3.96. The SMILES string of the molecule is Cc1ccc(S(=O)(=O)ON=C2c3ccccc3-c3ccccc32)cc1. The zero-order valence-corrected chi connectivity index (χ0v) is 14.3. The van der Waals surface area contributed by atoms with E-state index in [1.54, 1.807) is 12.1 Å². The van der Waals surface area contributed by atoms with Gasteiger partial charge >= 0.3 is 10.1 Å². The quantitative estimate of drug-likeness (QED) is 0.523. The first-order valence-corrected chi connectivity index (χ1v) is 9.24. The van der Waals surface area contributed by atoms with Crippen molar-refractivity contribution in [1.29, 1.82) is 0 Å². The van der Waals surface area contributed by atoms with Crippen molar-refractivity contribution in [3.05, 3.63) is 89.5 Å². The molecule has 0 unspecified atom stereocenters. The van der Waals surface area contributed by atoms with Crippen molar-refractivity contribution < 1.29 is 12.7 Å². The molecular weight excluding hydrogens is 334 g/mol. The number of hydrogen-bond acceptors (Lipinski definition) is 4. The average molecular weight is 349 g/mol. The first-order chi connectivity index (χ1) is 12.1. The van der Waals surface area contributed by atoms with Crippen LogP contribution in [-0.4, -0.2) is 14.1 Å². The Balaban J connectivity index is 1.76. The minimum absolute atomic E-state index is 0.0852. The summed E-state index contributed by atoms with van der Waals surface area (Å²) in [5, 5.41) is 4.01. The fourth-order valence-corrected chi connectivity index (χ4v) is 3.65. The van der Waals surface area contributed by atoms with E-state index >= 15 is 0 Å². The third-order valence-corrected chi connectivity index (χ3v) is 5.31. The summed E-state index contributed by atoms with van der Waals surface area (Å²) in [5.74, 6) is 0. The van der Waals surface area contributed by atoms with E-state index in [1.807, 2.05) is 55.5 Å². The summed E-state index contributed by atoms with van der Waals surface area (Å²) in [6, 6.07) is 22.0. The molecule has 5 heteroatoms. The fraction of sp³-hybridized carbons (Fsp3) is 0.0500. The van der Waals surface area contributed by atoms with Crippen LogP contribution in [0.25, 0.3) is 11.1 Å². The summed E-state index contributed by atoms with van der Waals surface area (Å²) in [6.45, 7) is 1.89. The molecule has 124 valence electrons. The molecule has 0 saturated carbocycles. The molecule has 0 bridgehead atoms. The van der Waals surface area contributed by atoms with Crippen LogP contribution < -0.4 is 0 Å². The second kappa shape index (κ2) is 5.86. The van der Waals surface area contributed by atoms with Crippen LogP contribution in [0.5, 0.6) is 0 Å². The summed E-state index contributed by atoms with van der Waals surface area (Å²) < 4.78 is 29.8. The van der Waals surface area contributed by atoms with E-state index in [0.29, 0.717) is 5.71 Å². The molecule has 0 heterocycles. The lowest BCUT2D eigenvalue weighted by Gasteiger charge is -2.04. The number of fused-ring (bicyclic) bond motifs is 3. The zero-order chi connectivity index (χ0) is 17.4. The molecule has 1 aliphatic rings. The Morgan fingerprint density at radius 1 is 0.720 bits per heavy atom. The van der Waals surface area contributed by atoms with Crippen molar-refractivity contribution in [3.8, 4) is 11.1 Å². The highest BCUT2D eigenvalue weighted by Gasteiger charge is 2.26. The Kier molecular flexibility index (Phi) is 3.66. The maximum atomic E-state index is 12.4. The van der Waals surface area contributed by atoms with Gasteiger partial charge in [-0.15, -0.1) is 0 Å². The van der Waals surface area contributed by atoms with E-state index in [0.717, 1.165) is 27.8 Å². The maximum Gasteiger partial charge on any atom is 0.358 e. The number of oxime groups is 1. The van der Waals surface area contributed by atoms with Gasteiger partial charge in [0.15, 0.2) is 0 Å². The second-order valence-corrected chi connectivity index (χ2v) is 7.40. The number of nitrogens with zero attached hydrogens (tertiary/aromatic N) is 1. The lowest BCUT2D eigenvalue weighted by molar-refractivity contribution is 0.339. The Hall–Kier alpha value is -2.92. The van der Waals surface area contributed by atoms with Gasteiger partial charge in [-0.05, 0) is 30.2 Å². The van der Waals surface area contributed by atoms with E-state index in [-0.39, 0.29) is 4.90 Å². The molecule has 0 saturated heterocycles. The second-order valence-electron chi connectivity index (χ2n) is 5.87. The monoisotopic (exact) mass is 349 g/mol. The zero-order valence-electron chi connectivity index (χ0n) is 13.5. The molecule has 25 heavy (non-hydrogen) atoms. The normalized spacial score (nSPS) is 12.4. The maximum absolute atomic E-state index is 12.4. The first kappa shape index (κ1) is 15.6. The summed E-state index contributed by atoms with van der Waals surface area (Å²) in [6.07, 6.45) is 0. The van der Waals surface area contributed by atoms with E-state index < -0.39 is 10.1 Å². The van der Waals surface area contributed by atoms with Gasteiger partial charge in [0.25, 0.3) is 0 Å². The molecule has 4 nitrogen and oxygen atoms in total. The fourth-order valence-electron chi connectivity index (χ4n) is 2.93. The van der Waals surface area contributed by atoms with Gasteiger partial charge in [-0.2, -0.15) is 8.42 Å². The van der Waals surface area contributed by atoms with Crippen LogP contribution in [0.2, 0.25) is 0 Å². The van der Waals surface area contributed by atoms with Crippen LogP contribution in [0, 0.1) is 6.92 Å². The summed E-state index contributed by atoms with van der Waals surface area (Å²) in [7, 11) is -3.96. The van der Waals surface area contributed by atoms with Crippen LogP contribution in [0.1, 0.15) is 16.7 Å². The van der Waals surface area contributed by atoms with E-state index in [2.05, 4.69) is 5.16 Å². The van der Waals surface area contributed by atoms with Crippen LogP contribution in [0.15, 0.2) is 82.8 Å². The summed E-state index contributed by atoms with van der Waals surface area (Å²) >= 11 is 0. The van der Waals surface area contributed by atoms with Crippen molar-refractivity contribution >= 4 is 15.8 Å². The molecule has 4 rings (SSSR count). The Morgan fingerprint density at radius 2 is 1.20 bits per heavy atom.